The molecule has 1 aliphatic rings. The van der Waals surface area contributed by atoms with Crippen LogP contribution in [-0.2, 0) is 9.84 Å². The Hall–Kier alpha value is -0.870. The molecule has 2 unspecified atom stereocenters. The minimum absolute atomic E-state index is 0.0128. The molecule has 1 N–H and O–H groups in total. The number of nitrogens with one attached hydrogen (secondary N) is 1. The molecule has 106 valence electrons. The van der Waals surface area contributed by atoms with Crippen LogP contribution in [0.1, 0.15) is 32.3 Å². The quantitative estimate of drug-likeness (QED) is 0.926. The van der Waals surface area contributed by atoms with E-state index in [0.29, 0.717) is 4.90 Å². The van der Waals surface area contributed by atoms with Crippen LogP contribution < -0.4 is 5.32 Å². The highest BCUT2D eigenvalue weighted by Crippen LogP contribution is 2.42. The summed E-state index contributed by atoms with van der Waals surface area (Å²) < 4.78 is 25.5. The highest BCUT2D eigenvalue weighted by molar-refractivity contribution is 7.92. The fraction of sp³-hybridized carbons (Fsp3) is 0.600. The minimum Gasteiger partial charge on any atom is -0.315 e. The van der Waals surface area contributed by atoms with Gasteiger partial charge < -0.3 is 5.32 Å². The van der Waals surface area contributed by atoms with E-state index in [9.17, 15) is 8.42 Å². The van der Waals surface area contributed by atoms with Gasteiger partial charge in [0.25, 0.3) is 0 Å². The highest BCUT2D eigenvalue weighted by atomic mass is 32.2. The lowest BCUT2D eigenvalue weighted by atomic mass is 9.87. The average molecular weight is 281 g/mol. The zero-order valence-corrected chi connectivity index (χ0v) is 12.9. The van der Waals surface area contributed by atoms with Gasteiger partial charge in [0.05, 0.1) is 10.1 Å². The van der Waals surface area contributed by atoms with E-state index in [1.54, 1.807) is 12.1 Å². The zero-order chi connectivity index (χ0) is 14.3. The number of aryl methyl sites for hydroxylation is 1. The van der Waals surface area contributed by atoms with Crippen molar-refractivity contribution in [2.24, 2.45) is 5.41 Å². The Kier molecular flexibility index (Phi) is 3.76. The van der Waals surface area contributed by atoms with E-state index in [0.717, 1.165) is 18.4 Å². The first-order chi connectivity index (χ1) is 8.79. The van der Waals surface area contributed by atoms with Gasteiger partial charge in [-0.1, -0.05) is 31.5 Å². The maximum absolute atomic E-state index is 12.8. The second-order valence-electron chi connectivity index (χ2n) is 6.19. The third-order valence-corrected chi connectivity index (χ3v) is 6.58. The molecule has 4 heteroatoms. The molecule has 1 saturated carbocycles. The smallest absolute Gasteiger partial charge is 0.182 e. The van der Waals surface area contributed by atoms with Crippen LogP contribution in [0.5, 0.6) is 0 Å². The van der Waals surface area contributed by atoms with Gasteiger partial charge in [0.2, 0.25) is 0 Å². The summed E-state index contributed by atoms with van der Waals surface area (Å²) in [4.78, 5) is 0.445. The fourth-order valence-electron chi connectivity index (χ4n) is 3.15. The first kappa shape index (κ1) is 14.5. The molecule has 0 radical (unpaired) electrons. The summed E-state index contributed by atoms with van der Waals surface area (Å²) in [7, 11) is -1.39. The summed E-state index contributed by atoms with van der Waals surface area (Å²) in [5, 5.41) is 2.89. The van der Waals surface area contributed by atoms with Crippen molar-refractivity contribution in [2.45, 2.75) is 49.8 Å². The molecule has 0 bridgehead atoms. The summed E-state index contributed by atoms with van der Waals surface area (Å²) in [5.41, 5.74) is 1.10. The molecule has 1 fully saturated rings. The Morgan fingerprint density at radius 1 is 1.21 bits per heavy atom. The molecule has 0 heterocycles. The predicted molar refractivity (Wildman–Crippen MR) is 78.0 cm³/mol. The zero-order valence-electron chi connectivity index (χ0n) is 12.1. The van der Waals surface area contributed by atoms with Gasteiger partial charge in [-0.25, -0.2) is 8.42 Å². The first-order valence-electron chi connectivity index (χ1n) is 6.77. The molecule has 1 aliphatic carbocycles. The lowest BCUT2D eigenvalue weighted by Crippen LogP contribution is -2.45. The van der Waals surface area contributed by atoms with Crippen molar-refractivity contribution in [2.75, 3.05) is 7.05 Å². The summed E-state index contributed by atoms with van der Waals surface area (Å²) >= 11 is 0. The van der Waals surface area contributed by atoms with Crippen LogP contribution >= 0.6 is 0 Å². The van der Waals surface area contributed by atoms with Gasteiger partial charge in [-0.15, -0.1) is 0 Å². The van der Waals surface area contributed by atoms with E-state index in [2.05, 4.69) is 19.2 Å². The van der Waals surface area contributed by atoms with Gasteiger partial charge in [0, 0.05) is 6.04 Å². The Bertz CT molecular complexity index is 546. The third kappa shape index (κ3) is 2.56. The second kappa shape index (κ2) is 4.91. The molecule has 0 saturated heterocycles. The number of benzene rings is 1. The van der Waals surface area contributed by atoms with Gasteiger partial charge in [0.1, 0.15) is 0 Å². The molecular weight excluding hydrogens is 258 g/mol. The topological polar surface area (TPSA) is 46.2 Å². The van der Waals surface area contributed by atoms with E-state index >= 15 is 0 Å². The predicted octanol–water partition coefficient (Wildman–Crippen LogP) is 2.55. The summed E-state index contributed by atoms with van der Waals surface area (Å²) in [6, 6.07) is 7.19. The Labute approximate surface area is 116 Å². The highest BCUT2D eigenvalue weighted by Gasteiger charge is 2.47. The monoisotopic (exact) mass is 281 g/mol. The molecule has 2 rings (SSSR count). The maximum Gasteiger partial charge on any atom is 0.182 e. The van der Waals surface area contributed by atoms with E-state index in [4.69, 9.17) is 0 Å². The standard InChI is InChI=1S/C15H23NO2S/c1-11-5-7-12(8-6-11)19(17,18)13-9-10-15(2,3)14(13)16-4/h5-8,13-14,16H,9-10H2,1-4H3. The average Bonchev–Trinajstić information content (AvgIpc) is 2.65. The maximum atomic E-state index is 12.8. The van der Waals surface area contributed by atoms with Crippen molar-refractivity contribution in [3.8, 4) is 0 Å². The van der Waals surface area contributed by atoms with E-state index in [1.807, 2.05) is 26.1 Å². The van der Waals surface area contributed by atoms with Crippen LogP contribution in [0, 0.1) is 12.3 Å². The molecule has 2 atom stereocenters. The minimum atomic E-state index is -3.25. The van der Waals surface area contributed by atoms with Gasteiger partial charge in [-0.3, -0.25) is 0 Å². The first-order valence-corrected chi connectivity index (χ1v) is 8.31. The Morgan fingerprint density at radius 3 is 2.32 bits per heavy atom. The van der Waals surface area contributed by atoms with Crippen LogP contribution in [0.25, 0.3) is 0 Å². The van der Waals surface area contributed by atoms with Crippen molar-refractivity contribution in [3.63, 3.8) is 0 Å². The summed E-state index contributed by atoms with van der Waals surface area (Å²) in [5.74, 6) is 0. The largest absolute Gasteiger partial charge is 0.315 e. The molecule has 1 aromatic carbocycles. The third-order valence-electron chi connectivity index (χ3n) is 4.35. The molecule has 0 amide bonds. The van der Waals surface area contributed by atoms with Gasteiger partial charge >= 0.3 is 0 Å². The van der Waals surface area contributed by atoms with Crippen LogP contribution in [0.4, 0.5) is 0 Å². The molecule has 3 nitrogen and oxygen atoms in total. The number of hydrogen-bond donors (Lipinski definition) is 1. The molecule has 0 aliphatic heterocycles. The molecule has 1 aromatic rings. The van der Waals surface area contributed by atoms with Crippen LogP contribution in [0.15, 0.2) is 29.2 Å². The van der Waals surface area contributed by atoms with E-state index in [1.165, 1.54) is 0 Å². The number of rotatable bonds is 3. The Morgan fingerprint density at radius 2 is 1.79 bits per heavy atom. The van der Waals surface area contributed by atoms with Crippen molar-refractivity contribution in [3.05, 3.63) is 29.8 Å². The van der Waals surface area contributed by atoms with Crippen molar-refractivity contribution >= 4 is 9.84 Å². The normalized spacial score (nSPS) is 26.5. The van der Waals surface area contributed by atoms with Crippen molar-refractivity contribution in [1.29, 1.82) is 0 Å². The van der Waals surface area contributed by atoms with Crippen LogP contribution in [0.3, 0.4) is 0 Å². The number of hydrogen-bond acceptors (Lipinski definition) is 3. The lowest BCUT2D eigenvalue weighted by Gasteiger charge is -2.30. The molecule has 19 heavy (non-hydrogen) atoms. The summed E-state index contributed by atoms with van der Waals surface area (Å²) in [6.07, 6.45) is 1.67. The lowest BCUT2D eigenvalue weighted by molar-refractivity contribution is 0.297. The van der Waals surface area contributed by atoms with E-state index in [-0.39, 0.29) is 16.7 Å². The van der Waals surface area contributed by atoms with E-state index < -0.39 is 9.84 Å². The van der Waals surface area contributed by atoms with Crippen LogP contribution in [0.2, 0.25) is 0 Å². The van der Waals surface area contributed by atoms with Gasteiger partial charge in [0.15, 0.2) is 9.84 Å². The second-order valence-corrected chi connectivity index (χ2v) is 8.36. The Balaban J connectivity index is 2.38. The molecule has 0 aromatic heterocycles. The van der Waals surface area contributed by atoms with Crippen LogP contribution in [-0.4, -0.2) is 26.8 Å². The SMILES string of the molecule is CNC1C(S(=O)(=O)c2ccc(C)cc2)CCC1(C)C. The molecule has 0 spiro atoms. The molecular formula is C15H23NO2S. The van der Waals surface area contributed by atoms with Gasteiger partial charge in [-0.05, 0) is 44.4 Å². The van der Waals surface area contributed by atoms with Crippen molar-refractivity contribution < 1.29 is 8.42 Å². The summed E-state index contributed by atoms with van der Waals surface area (Å²) in [6.45, 7) is 6.24. The van der Waals surface area contributed by atoms with Gasteiger partial charge in [-0.2, -0.15) is 0 Å². The number of sulfone groups is 1. The van der Waals surface area contributed by atoms with Crippen molar-refractivity contribution in [1.82, 2.24) is 5.32 Å². The fourth-order valence-corrected chi connectivity index (χ4v) is 5.31.